The van der Waals surface area contributed by atoms with Crippen molar-refractivity contribution in [2.24, 2.45) is 11.8 Å². The van der Waals surface area contributed by atoms with Crippen molar-refractivity contribution in [3.63, 3.8) is 0 Å². The molecule has 4 nitrogen and oxygen atoms in total. The minimum absolute atomic E-state index is 0.149. The Labute approximate surface area is 166 Å². The first-order valence-corrected chi connectivity index (χ1v) is 10.2. The lowest BCUT2D eigenvalue weighted by Gasteiger charge is -2.34. The third-order valence-electron chi connectivity index (χ3n) is 6.30. The van der Waals surface area contributed by atoms with E-state index in [0.717, 1.165) is 37.7 Å². The van der Waals surface area contributed by atoms with Gasteiger partial charge < -0.3 is 4.74 Å². The molecule has 0 aromatic carbocycles. The first-order chi connectivity index (χ1) is 13.5. The minimum atomic E-state index is -0.357. The van der Waals surface area contributed by atoms with Crippen molar-refractivity contribution >= 4 is 5.78 Å². The number of carbonyl (C=O) groups is 1. The summed E-state index contributed by atoms with van der Waals surface area (Å²) in [5.74, 6) is 1.63. The maximum absolute atomic E-state index is 13.8. The van der Waals surface area contributed by atoms with Crippen LogP contribution in [0, 0.1) is 24.7 Å². The van der Waals surface area contributed by atoms with E-state index in [4.69, 9.17) is 4.74 Å². The molecule has 0 amide bonds. The topological polar surface area (TPSA) is 52.1 Å². The standard InChI is InChI=1S/C23H29FN2O2/c1-4-16(13-21(27)19-9-10-22(28-3)26-14-19)17-5-7-18(8-6-17)20-11-12-25-23(24)15(20)2/h9-12,14,16-18H,4-8,13H2,1-3H3/t16-,17?,18?/m0/s1. The predicted molar refractivity (Wildman–Crippen MR) is 107 cm³/mol. The van der Waals surface area contributed by atoms with Gasteiger partial charge in [-0.15, -0.1) is 0 Å². The molecule has 5 heteroatoms. The zero-order chi connectivity index (χ0) is 20.1. The van der Waals surface area contributed by atoms with Gasteiger partial charge in [-0.1, -0.05) is 13.3 Å². The Morgan fingerprint density at radius 2 is 1.96 bits per heavy atom. The van der Waals surface area contributed by atoms with Crippen LogP contribution in [0.15, 0.2) is 30.6 Å². The minimum Gasteiger partial charge on any atom is -0.481 e. The molecule has 1 fully saturated rings. The molecule has 0 spiro atoms. The van der Waals surface area contributed by atoms with Crippen LogP contribution in [0.25, 0.3) is 0 Å². The zero-order valence-corrected chi connectivity index (χ0v) is 17.0. The molecule has 28 heavy (non-hydrogen) atoms. The first kappa shape index (κ1) is 20.4. The SMILES string of the molecule is CC[C@@H](CC(=O)c1ccc(OC)nc1)C1CCC(c2ccnc(F)c2C)CC1. The highest BCUT2D eigenvalue weighted by molar-refractivity contribution is 5.95. The fourth-order valence-electron chi connectivity index (χ4n) is 4.53. The summed E-state index contributed by atoms with van der Waals surface area (Å²) in [7, 11) is 1.56. The van der Waals surface area contributed by atoms with E-state index in [9.17, 15) is 9.18 Å². The maximum atomic E-state index is 13.8. The second-order valence-corrected chi connectivity index (χ2v) is 7.81. The number of methoxy groups -OCH3 is 1. The molecular weight excluding hydrogens is 355 g/mol. The van der Waals surface area contributed by atoms with Gasteiger partial charge in [-0.2, -0.15) is 4.39 Å². The number of pyridine rings is 2. The number of aromatic nitrogens is 2. The van der Waals surface area contributed by atoms with Crippen molar-refractivity contribution < 1.29 is 13.9 Å². The first-order valence-electron chi connectivity index (χ1n) is 10.2. The van der Waals surface area contributed by atoms with Gasteiger partial charge in [0.15, 0.2) is 5.78 Å². The molecule has 1 aliphatic rings. The van der Waals surface area contributed by atoms with E-state index in [1.54, 1.807) is 31.6 Å². The van der Waals surface area contributed by atoms with Crippen LogP contribution in [0.4, 0.5) is 4.39 Å². The van der Waals surface area contributed by atoms with Crippen molar-refractivity contribution in [2.75, 3.05) is 7.11 Å². The summed E-state index contributed by atoms with van der Waals surface area (Å²) < 4.78 is 18.8. The summed E-state index contributed by atoms with van der Waals surface area (Å²) in [5.41, 5.74) is 2.43. The fourth-order valence-corrected chi connectivity index (χ4v) is 4.53. The number of halogens is 1. The lowest BCUT2D eigenvalue weighted by Crippen LogP contribution is -2.23. The Kier molecular flexibility index (Phi) is 6.76. The summed E-state index contributed by atoms with van der Waals surface area (Å²) in [6.45, 7) is 3.98. The van der Waals surface area contributed by atoms with Gasteiger partial charge in [0.05, 0.1) is 7.11 Å². The van der Waals surface area contributed by atoms with Gasteiger partial charge in [0.25, 0.3) is 0 Å². The largest absolute Gasteiger partial charge is 0.481 e. The lowest BCUT2D eigenvalue weighted by molar-refractivity contribution is 0.0925. The van der Waals surface area contributed by atoms with E-state index >= 15 is 0 Å². The summed E-state index contributed by atoms with van der Waals surface area (Å²) in [4.78, 5) is 20.6. The van der Waals surface area contributed by atoms with Crippen molar-refractivity contribution in [1.82, 2.24) is 9.97 Å². The highest BCUT2D eigenvalue weighted by atomic mass is 19.1. The highest BCUT2D eigenvalue weighted by Crippen LogP contribution is 2.41. The summed E-state index contributed by atoms with van der Waals surface area (Å²) >= 11 is 0. The number of Topliss-reactive ketones (excluding diaryl/α,β-unsaturated/α-hetero) is 1. The Hall–Kier alpha value is -2.30. The van der Waals surface area contributed by atoms with E-state index in [-0.39, 0.29) is 11.7 Å². The average Bonchev–Trinajstić information content (AvgIpc) is 2.74. The lowest BCUT2D eigenvalue weighted by atomic mass is 9.71. The van der Waals surface area contributed by atoms with Crippen LogP contribution in [-0.4, -0.2) is 22.9 Å². The van der Waals surface area contributed by atoms with Crippen molar-refractivity contribution in [1.29, 1.82) is 0 Å². The summed E-state index contributed by atoms with van der Waals surface area (Å²) in [6, 6.07) is 5.48. The Bertz CT molecular complexity index is 799. The monoisotopic (exact) mass is 384 g/mol. The Balaban J connectivity index is 1.60. The van der Waals surface area contributed by atoms with Gasteiger partial charge in [-0.05, 0) is 68.1 Å². The molecule has 1 atom stereocenters. The number of hydrogen-bond donors (Lipinski definition) is 0. The third-order valence-corrected chi connectivity index (χ3v) is 6.30. The van der Waals surface area contributed by atoms with Crippen LogP contribution in [0.2, 0.25) is 0 Å². The smallest absolute Gasteiger partial charge is 0.216 e. The van der Waals surface area contributed by atoms with E-state index in [1.807, 2.05) is 13.0 Å². The van der Waals surface area contributed by atoms with Crippen molar-refractivity contribution in [3.8, 4) is 5.88 Å². The van der Waals surface area contributed by atoms with Gasteiger partial charge in [0, 0.05) is 36.0 Å². The van der Waals surface area contributed by atoms with Gasteiger partial charge in [0.1, 0.15) is 0 Å². The molecule has 3 rings (SSSR count). The second-order valence-electron chi connectivity index (χ2n) is 7.81. The number of nitrogens with zero attached hydrogens (tertiary/aromatic N) is 2. The van der Waals surface area contributed by atoms with E-state index in [2.05, 4.69) is 16.9 Å². The fraction of sp³-hybridized carbons (Fsp3) is 0.522. The molecule has 150 valence electrons. The molecule has 2 aromatic heterocycles. The van der Waals surface area contributed by atoms with Crippen LogP contribution in [0.5, 0.6) is 5.88 Å². The Morgan fingerprint density at radius 3 is 2.57 bits per heavy atom. The van der Waals surface area contributed by atoms with Crippen LogP contribution in [0.1, 0.15) is 72.9 Å². The maximum Gasteiger partial charge on any atom is 0.216 e. The molecule has 0 aliphatic heterocycles. The van der Waals surface area contributed by atoms with Crippen LogP contribution >= 0.6 is 0 Å². The number of hydrogen-bond acceptors (Lipinski definition) is 4. The van der Waals surface area contributed by atoms with E-state index in [1.165, 1.54) is 0 Å². The zero-order valence-electron chi connectivity index (χ0n) is 17.0. The molecule has 0 radical (unpaired) electrons. The van der Waals surface area contributed by atoms with Crippen LogP contribution < -0.4 is 4.74 Å². The second kappa shape index (κ2) is 9.26. The van der Waals surface area contributed by atoms with Crippen LogP contribution in [-0.2, 0) is 0 Å². The summed E-state index contributed by atoms with van der Waals surface area (Å²) in [5, 5.41) is 0. The molecule has 0 N–H and O–H groups in total. The average molecular weight is 384 g/mol. The van der Waals surface area contributed by atoms with Gasteiger partial charge >= 0.3 is 0 Å². The molecule has 1 saturated carbocycles. The van der Waals surface area contributed by atoms with Gasteiger partial charge in [-0.3, -0.25) is 4.79 Å². The molecular formula is C23H29FN2O2. The molecule has 0 saturated heterocycles. The van der Waals surface area contributed by atoms with E-state index < -0.39 is 0 Å². The summed E-state index contributed by atoms with van der Waals surface area (Å²) in [6.07, 6.45) is 8.98. The van der Waals surface area contributed by atoms with Crippen LogP contribution in [0.3, 0.4) is 0 Å². The number of ketones is 1. The predicted octanol–water partition coefficient (Wildman–Crippen LogP) is 5.51. The Morgan fingerprint density at radius 1 is 1.21 bits per heavy atom. The molecule has 1 aliphatic carbocycles. The normalized spacial score (nSPS) is 20.6. The number of carbonyl (C=O) groups excluding carboxylic acids is 1. The molecule has 2 aromatic rings. The number of rotatable bonds is 7. The van der Waals surface area contributed by atoms with Gasteiger partial charge in [0.2, 0.25) is 11.8 Å². The number of ether oxygens (including phenoxy) is 1. The quantitative estimate of drug-likeness (QED) is 0.467. The van der Waals surface area contributed by atoms with E-state index in [0.29, 0.717) is 41.2 Å². The van der Waals surface area contributed by atoms with Crippen molar-refractivity contribution in [3.05, 3.63) is 53.2 Å². The molecule has 2 heterocycles. The van der Waals surface area contributed by atoms with Gasteiger partial charge in [-0.25, -0.2) is 9.97 Å². The van der Waals surface area contributed by atoms with Crippen molar-refractivity contribution in [2.45, 2.75) is 58.3 Å². The third kappa shape index (κ3) is 4.57. The highest BCUT2D eigenvalue weighted by Gasteiger charge is 2.30. The molecule has 0 unspecified atom stereocenters. The molecule has 0 bridgehead atoms.